The number of carbonyl (C=O) groups is 1. The Labute approximate surface area is 71.5 Å². The van der Waals surface area contributed by atoms with Crippen molar-refractivity contribution in [2.45, 2.75) is 6.92 Å². The van der Waals surface area contributed by atoms with E-state index in [0.29, 0.717) is 19.8 Å². The lowest BCUT2D eigenvalue weighted by Crippen LogP contribution is -2.15. The van der Waals surface area contributed by atoms with Gasteiger partial charge in [-0.1, -0.05) is 0 Å². The van der Waals surface area contributed by atoms with Crippen molar-refractivity contribution in [3.63, 3.8) is 0 Å². The average molecular weight is 178 g/mol. The highest BCUT2D eigenvalue weighted by Gasteiger charge is 2.02. The molecule has 0 aromatic rings. The van der Waals surface area contributed by atoms with Gasteiger partial charge >= 0.3 is 5.97 Å². The minimum atomic E-state index is -0.534. The largest absolute Gasteiger partial charge is 0.382 e. The molecule has 0 aliphatic carbocycles. The van der Waals surface area contributed by atoms with E-state index in [1.54, 1.807) is 14.0 Å². The lowest BCUT2D eigenvalue weighted by Gasteiger charge is -2.02. The van der Waals surface area contributed by atoms with Crippen LogP contribution in [0.1, 0.15) is 6.92 Å². The van der Waals surface area contributed by atoms with Gasteiger partial charge < -0.3 is 9.47 Å². The lowest BCUT2D eigenvalue weighted by molar-refractivity contribution is -0.272. The van der Waals surface area contributed by atoms with Gasteiger partial charge in [-0.05, 0) is 6.92 Å². The molecule has 0 aliphatic heterocycles. The summed E-state index contributed by atoms with van der Waals surface area (Å²) in [5.41, 5.74) is 0. The van der Waals surface area contributed by atoms with Gasteiger partial charge in [-0.3, -0.25) is 4.89 Å². The van der Waals surface area contributed by atoms with Crippen molar-refractivity contribution < 1.29 is 24.0 Å². The molecule has 5 nitrogen and oxygen atoms in total. The van der Waals surface area contributed by atoms with Crippen LogP contribution in [0.4, 0.5) is 0 Å². The molecular formula is C7H14O5. The highest BCUT2D eigenvalue weighted by atomic mass is 17.2. The van der Waals surface area contributed by atoms with Gasteiger partial charge in [-0.25, -0.2) is 4.79 Å². The number of rotatable bonds is 7. The van der Waals surface area contributed by atoms with Gasteiger partial charge in [0.15, 0.2) is 0 Å². The zero-order chi connectivity index (χ0) is 9.23. The number of hydrogen-bond acceptors (Lipinski definition) is 5. The minimum Gasteiger partial charge on any atom is -0.382 e. The fourth-order valence-electron chi connectivity index (χ4n) is 0.446. The Morgan fingerprint density at radius 3 is 2.67 bits per heavy atom. The summed E-state index contributed by atoms with van der Waals surface area (Å²) in [6.45, 7) is 2.78. The molecule has 0 bridgehead atoms. The average Bonchev–Trinajstić information content (AvgIpc) is 2.09. The first-order valence-electron chi connectivity index (χ1n) is 3.70. The summed E-state index contributed by atoms with van der Waals surface area (Å²) in [7, 11) is 1.56. The molecule has 0 aromatic heterocycles. The Hall–Kier alpha value is -0.650. The highest BCUT2D eigenvalue weighted by Crippen LogP contribution is 1.83. The van der Waals surface area contributed by atoms with Crippen LogP contribution in [0.3, 0.4) is 0 Å². The number of hydrogen-bond donors (Lipinski definition) is 0. The van der Waals surface area contributed by atoms with Crippen molar-refractivity contribution in [3.8, 4) is 0 Å². The molecule has 0 heterocycles. The molecule has 12 heavy (non-hydrogen) atoms. The first-order chi connectivity index (χ1) is 5.81. The monoisotopic (exact) mass is 178 g/mol. The van der Waals surface area contributed by atoms with E-state index in [1.165, 1.54) is 0 Å². The van der Waals surface area contributed by atoms with Gasteiger partial charge in [-0.2, -0.15) is 4.89 Å². The van der Waals surface area contributed by atoms with Crippen molar-refractivity contribution in [2.75, 3.05) is 33.5 Å². The van der Waals surface area contributed by atoms with Crippen LogP contribution in [0.15, 0.2) is 0 Å². The summed E-state index contributed by atoms with van der Waals surface area (Å²) in [6, 6.07) is 0. The van der Waals surface area contributed by atoms with Gasteiger partial charge in [0.2, 0.25) is 0 Å². The van der Waals surface area contributed by atoms with E-state index < -0.39 is 5.97 Å². The Morgan fingerprint density at radius 1 is 1.33 bits per heavy atom. The molecule has 0 unspecified atom stereocenters. The topological polar surface area (TPSA) is 54.0 Å². The van der Waals surface area contributed by atoms with E-state index in [-0.39, 0.29) is 6.61 Å². The van der Waals surface area contributed by atoms with Crippen LogP contribution in [-0.4, -0.2) is 39.5 Å². The third kappa shape index (κ3) is 7.46. The predicted molar refractivity (Wildman–Crippen MR) is 40.4 cm³/mol. The van der Waals surface area contributed by atoms with Crippen LogP contribution in [0, 0.1) is 0 Å². The standard InChI is InChI=1S/C7H14O5/c1-3-11-12-7(8)6-10-5-4-9-2/h3-6H2,1-2H3. The molecule has 0 N–H and O–H groups in total. The third-order valence-corrected chi connectivity index (χ3v) is 0.921. The van der Waals surface area contributed by atoms with Crippen LogP contribution in [0.5, 0.6) is 0 Å². The Morgan fingerprint density at radius 2 is 2.08 bits per heavy atom. The predicted octanol–water partition coefficient (Wildman–Crippen LogP) is 0.144. The molecule has 0 rings (SSSR count). The maximum Gasteiger partial charge on any atom is 0.367 e. The van der Waals surface area contributed by atoms with Crippen LogP contribution in [0.2, 0.25) is 0 Å². The second kappa shape index (κ2) is 8.45. The summed E-state index contributed by atoms with van der Waals surface area (Å²) in [6.07, 6.45) is 0. The molecule has 0 aromatic carbocycles. The van der Waals surface area contributed by atoms with Crippen LogP contribution in [0.25, 0.3) is 0 Å². The lowest BCUT2D eigenvalue weighted by atomic mass is 10.7. The molecule has 0 fully saturated rings. The fourth-order valence-corrected chi connectivity index (χ4v) is 0.446. The van der Waals surface area contributed by atoms with E-state index in [0.717, 1.165) is 0 Å². The van der Waals surface area contributed by atoms with Crippen molar-refractivity contribution >= 4 is 5.97 Å². The number of carbonyl (C=O) groups excluding carboxylic acids is 1. The van der Waals surface area contributed by atoms with Crippen molar-refractivity contribution in [2.24, 2.45) is 0 Å². The summed E-state index contributed by atoms with van der Waals surface area (Å²) in [4.78, 5) is 19.3. The summed E-state index contributed by atoms with van der Waals surface area (Å²) < 4.78 is 9.55. The molecular weight excluding hydrogens is 164 g/mol. The normalized spacial score (nSPS) is 9.83. The van der Waals surface area contributed by atoms with Gasteiger partial charge in [-0.15, -0.1) is 0 Å². The second-order valence-electron chi connectivity index (χ2n) is 1.91. The second-order valence-corrected chi connectivity index (χ2v) is 1.91. The molecule has 0 saturated carbocycles. The molecule has 0 atom stereocenters. The van der Waals surface area contributed by atoms with E-state index in [9.17, 15) is 4.79 Å². The fraction of sp³-hybridized carbons (Fsp3) is 0.857. The first-order valence-corrected chi connectivity index (χ1v) is 3.70. The Bertz CT molecular complexity index is 114. The van der Waals surface area contributed by atoms with Crippen LogP contribution in [-0.2, 0) is 24.0 Å². The van der Waals surface area contributed by atoms with Crippen LogP contribution < -0.4 is 0 Å². The molecule has 0 amide bonds. The van der Waals surface area contributed by atoms with Gasteiger partial charge in [0.25, 0.3) is 0 Å². The van der Waals surface area contributed by atoms with Gasteiger partial charge in [0.1, 0.15) is 6.61 Å². The minimum absolute atomic E-state index is 0.108. The third-order valence-electron chi connectivity index (χ3n) is 0.921. The summed E-state index contributed by atoms with van der Waals surface area (Å²) >= 11 is 0. The van der Waals surface area contributed by atoms with Crippen molar-refractivity contribution in [3.05, 3.63) is 0 Å². The maximum absolute atomic E-state index is 10.7. The van der Waals surface area contributed by atoms with E-state index >= 15 is 0 Å². The maximum atomic E-state index is 10.7. The summed E-state index contributed by atoms with van der Waals surface area (Å²) in [5, 5.41) is 0. The number of methoxy groups -OCH3 is 1. The molecule has 0 radical (unpaired) electrons. The molecule has 0 saturated heterocycles. The molecule has 0 spiro atoms. The smallest absolute Gasteiger partial charge is 0.367 e. The first kappa shape index (κ1) is 11.4. The highest BCUT2D eigenvalue weighted by molar-refractivity contribution is 5.69. The SMILES string of the molecule is CCOOC(=O)COCCOC. The molecule has 0 aliphatic rings. The van der Waals surface area contributed by atoms with E-state index in [2.05, 4.69) is 9.78 Å². The summed E-state index contributed by atoms with van der Waals surface area (Å²) in [5.74, 6) is -0.534. The zero-order valence-corrected chi connectivity index (χ0v) is 7.37. The quantitative estimate of drug-likeness (QED) is 0.315. The van der Waals surface area contributed by atoms with Gasteiger partial charge in [0, 0.05) is 7.11 Å². The van der Waals surface area contributed by atoms with Gasteiger partial charge in [0.05, 0.1) is 19.8 Å². The van der Waals surface area contributed by atoms with E-state index in [4.69, 9.17) is 9.47 Å². The molecule has 5 heteroatoms. The van der Waals surface area contributed by atoms with Crippen molar-refractivity contribution in [1.29, 1.82) is 0 Å². The Balaban J connectivity index is 3.08. The van der Waals surface area contributed by atoms with Crippen molar-refractivity contribution in [1.82, 2.24) is 0 Å². The van der Waals surface area contributed by atoms with E-state index in [1.807, 2.05) is 0 Å². The number of ether oxygens (including phenoxy) is 2. The molecule has 72 valence electrons. The zero-order valence-electron chi connectivity index (χ0n) is 7.37. The Kier molecular flexibility index (Phi) is 7.99. The van der Waals surface area contributed by atoms with Crippen LogP contribution >= 0.6 is 0 Å².